The van der Waals surface area contributed by atoms with Crippen molar-refractivity contribution in [3.63, 3.8) is 0 Å². The summed E-state index contributed by atoms with van der Waals surface area (Å²) in [5, 5.41) is 12.0. The van der Waals surface area contributed by atoms with Crippen LogP contribution in [0.2, 0.25) is 0 Å². The van der Waals surface area contributed by atoms with Gasteiger partial charge in [0.15, 0.2) is 5.65 Å². The van der Waals surface area contributed by atoms with Crippen molar-refractivity contribution in [1.82, 2.24) is 24.3 Å². The molecule has 36 heavy (non-hydrogen) atoms. The highest BCUT2D eigenvalue weighted by atomic mass is 19.1. The lowest BCUT2D eigenvalue weighted by atomic mass is 9.98. The fraction of sp³-hybridized carbons (Fsp3) is 0.231. The number of methoxy groups -OCH3 is 1. The van der Waals surface area contributed by atoms with Gasteiger partial charge in [-0.15, -0.1) is 0 Å². The molecule has 9 nitrogen and oxygen atoms in total. The zero-order valence-corrected chi connectivity index (χ0v) is 19.5. The second-order valence-electron chi connectivity index (χ2n) is 8.47. The van der Waals surface area contributed by atoms with Crippen molar-refractivity contribution in [3.8, 4) is 17.0 Å². The quantitative estimate of drug-likeness (QED) is 0.404. The van der Waals surface area contributed by atoms with E-state index in [-0.39, 0.29) is 11.3 Å². The molecule has 1 atom stereocenters. The van der Waals surface area contributed by atoms with E-state index in [2.05, 4.69) is 24.8 Å². The number of aliphatic hydroxyl groups is 1. The van der Waals surface area contributed by atoms with Crippen molar-refractivity contribution >= 4 is 22.2 Å². The van der Waals surface area contributed by atoms with Gasteiger partial charge < -0.3 is 23.9 Å². The molecule has 0 aliphatic carbocycles. The fourth-order valence-corrected chi connectivity index (χ4v) is 4.64. The van der Waals surface area contributed by atoms with Crippen molar-refractivity contribution in [3.05, 3.63) is 78.5 Å². The lowest BCUT2D eigenvalue weighted by Crippen LogP contribution is -2.36. The van der Waals surface area contributed by atoms with Crippen LogP contribution in [0.15, 0.2) is 61.4 Å². The van der Waals surface area contributed by atoms with Gasteiger partial charge in [-0.2, -0.15) is 0 Å². The number of rotatable bonds is 5. The minimum atomic E-state index is -1.20. The predicted molar refractivity (Wildman–Crippen MR) is 132 cm³/mol. The number of ether oxygens (including phenoxy) is 2. The van der Waals surface area contributed by atoms with Crippen molar-refractivity contribution < 1.29 is 19.0 Å². The highest BCUT2D eigenvalue weighted by Crippen LogP contribution is 2.37. The Hall–Kier alpha value is -4.15. The summed E-state index contributed by atoms with van der Waals surface area (Å²) in [4.78, 5) is 19.7. The van der Waals surface area contributed by atoms with Crippen molar-refractivity contribution in [2.45, 2.75) is 6.10 Å². The second kappa shape index (κ2) is 9.14. The van der Waals surface area contributed by atoms with Gasteiger partial charge in [0.1, 0.15) is 29.7 Å². The molecule has 1 N–H and O–H groups in total. The van der Waals surface area contributed by atoms with E-state index in [1.165, 1.54) is 19.5 Å². The lowest BCUT2D eigenvalue weighted by Gasteiger charge is -2.29. The zero-order chi connectivity index (χ0) is 24.6. The first kappa shape index (κ1) is 22.3. The molecule has 5 aromatic rings. The number of nitrogens with zero attached hydrogens (tertiary/aromatic N) is 6. The van der Waals surface area contributed by atoms with E-state index in [0.717, 1.165) is 18.8 Å². The average Bonchev–Trinajstić information content (AvgIpc) is 3.42. The van der Waals surface area contributed by atoms with Gasteiger partial charge in [-0.3, -0.25) is 4.98 Å². The number of hydrogen-bond donors (Lipinski definition) is 1. The standard InChI is InChI=1S/C26H23FN6O3/c1-35-22-14-20(27)18(13-19(22)25(34)24-26-29-5-7-33(26)6-4-28-24)23-17-3-2-16(12-21(17)30-15-31-23)32-8-10-36-11-9-32/h2-7,12-15,25,34H,8-11H2,1H3. The van der Waals surface area contributed by atoms with E-state index < -0.39 is 11.9 Å². The first-order valence-electron chi connectivity index (χ1n) is 11.5. The molecule has 182 valence electrons. The summed E-state index contributed by atoms with van der Waals surface area (Å²) in [7, 11) is 1.43. The van der Waals surface area contributed by atoms with E-state index in [9.17, 15) is 5.11 Å². The molecule has 1 unspecified atom stereocenters. The smallest absolute Gasteiger partial charge is 0.161 e. The molecule has 0 bridgehead atoms. The molecule has 1 fully saturated rings. The van der Waals surface area contributed by atoms with Crippen LogP contribution in [0, 0.1) is 5.82 Å². The first-order valence-corrected chi connectivity index (χ1v) is 11.5. The molecule has 0 saturated carbocycles. The van der Waals surface area contributed by atoms with Crippen LogP contribution in [0.25, 0.3) is 27.8 Å². The number of aliphatic hydroxyl groups excluding tert-OH is 1. The third kappa shape index (κ3) is 3.80. The van der Waals surface area contributed by atoms with Gasteiger partial charge in [-0.05, 0) is 24.3 Å². The van der Waals surface area contributed by atoms with Crippen LogP contribution in [0.5, 0.6) is 5.75 Å². The number of benzene rings is 2. The summed E-state index contributed by atoms with van der Waals surface area (Å²) >= 11 is 0. The molecule has 0 radical (unpaired) electrons. The largest absolute Gasteiger partial charge is 0.496 e. The Morgan fingerprint density at radius 3 is 2.64 bits per heavy atom. The Labute approximate surface area is 205 Å². The first-order chi connectivity index (χ1) is 17.6. The van der Waals surface area contributed by atoms with Crippen LogP contribution in [-0.2, 0) is 4.74 Å². The van der Waals surface area contributed by atoms with Gasteiger partial charge in [0.25, 0.3) is 0 Å². The topological polar surface area (TPSA) is 97.9 Å². The minimum Gasteiger partial charge on any atom is -0.496 e. The third-order valence-electron chi connectivity index (χ3n) is 6.46. The predicted octanol–water partition coefficient (Wildman–Crippen LogP) is 3.41. The summed E-state index contributed by atoms with van der Waals surface area (Å²) < 4.78 is 28.0. The number of morpholine rings is 1. The number of halogens is 1. The van der Waals surface area contributed by atoms with E-state index in [0.29, 0.717) is 46.7 Å². The van der Waals surface area contributed by atoms with E-state index >= 15 is 4.39 Å². The van der Waals surface area contributed by atoms with Gasteiger partial charge in [-0.1, -0.05) is 0 Å². The van der Waals surface area contributed by atoms with Gasteiger partial charge >= 0.3 is 0 Å². The Balaban J connectivity index is 1.46. The minimum absolute atomic E-state index is 0.201. The van der Waals surface area contributed by atoms with E-state index in [4.69, 9.17) is 9.47 Å². The SMILES string of the molecule is COc1cc(F)c(-c2ncnc3cc(N4CCOCC4)ccc23)cc1C(O)c1nccn2ccnc12. The molecule has 1 saturated heterocycles. The van der Waals surface area contributed by atoms with Gasteiger partial charge in [-0.25, -0.2) is 19.3 Å². The summed E-state index contributed by atoms with van der Waals surface area (Å²) in [6.45, 7) is 2.96. The number of hydrogen-bond acceptors (Lipinski definition) is 8. The Morgan fingerprint density at radius 2 is 1.83 bits per heavy atom. The molecule has 2 aromatic carbocycles. The number of fused-ring (bicyclic) bond motifs is 2. The molecule has 6 rings (SSSR count). The number of aromatic nitrogens is 5. The number of anilines is 1. The maximum atomic E-state index is 15.4. The van der Waals surface area contributed by atoms with Crippen LogP contribution in [0.1, 0.15) is 17.4 Å². The highest BCUT2D eigenvalue weighted by Gasteiger charge is 2.24. The molecule has 0 spiro atoms. The van der Waals surface area contributed by atoms with Gasteiger partial charge in [0, 0.05) is 66.1 Å². The Bertz CT molecular complexity index is 1570. The summed E-state index contributed by atoms with van der Waals surface area (Å²) in [5.41, 5.74) is 3.57. The Kier molecular flexibility index (Phi) is 5.67. The van der Waals surface area contributed by atoms with Crippen LogP contribution >= 0.6 is 0 Å². The molecule has 3 aromatic heterocycles. The molecule has 1 aliphatic heterocycles. The summed E-state index contributed by atoms with van der Waals surface area (Å²) in [6, 6.07) is 8.69. The van der Waals surface area contributed by atoms with Gasteiger partial charge in [0.2, 0.25) is 0 Å². The summed E-state index contributed by atoms with van der Waals surface area (Å²) in [6.07, 6.45) is 6.93. The van der Waals surface area contributed by atoms with Crippen LogP contribution in [0.3, 0.4) is 0 Å². The van der Waals surface area contributed by atoms with Crippen molar-refractivity contribution in [2.75, 3.05) is 38.3 Å². The average molecular weight is 487 g/mol. The zero-order valence-electron chi connectivity index (χ0n) is 19.5. The molecule has 0 amide bonds. The summed E-state index contributed by atoms with van der Waals surface area (Å²) in [5.74, 6) is -0.320. The molecular formula is C26H23FN6O3. The van der Waals surface area contributed by atoms with Gasteiger partial charge in [0.05, 0.1) is 31.5 Å². The lowest BCUT2D eigenvalue weighted by molar-refractivity contribution is 0.122. The van der Waals surface area contributed by atoms with Crippen LogP contribution < -0.4 is 9.64 Å². The van der Waals surface area contributed by atoms with Crippen molar-refractivity contribution in [1.29, 1.82) is 0 Å². The third-order valence-corrected chi connectivity index (χ3v) is 6.46. The fourth-order valence-electron chi connectivity index (χ4n) is 4.64. The molecule has 4 heterocycles. The molecule has 10 heteroatoms. The highest BCUT2D eigenvalue weighted by molar-refractivity contribution is 5.94. The number of imidazole rings is 1. The van der Waals surface area contributed by atoms with Crippen LogP contribution in [-0.4, -0.2) is 62.9 Å². The molecule has 1 aliphatic rings. The monoisotopic (exact) mass is 486 g/mol. The molecular weight excluding hydrogens is 463 g/mol. The van der Waals surface area contributed by atoms with E-state index in [1.54, 1.807) is 35.3 Å². The Morgan fingerprint density at radius 1 is 1.03 bits per heavy atom. The van der Waals surface area contributed by atoms with Crippen LogP contribution in [0.4, 0.5) is 10.1 Å². The van der Waals surface area contributed by atoms with E-state index in [1.807, 2.05) is 18.2 Å². The normalized spacial score (nSPS) is 14.9. The second-order valence-corrected chi connectivity index (χ2v) is 8.47. The maximum absolute atomic E-state index is 15.4. The maximum Gasteiger partial charge on any atom is 0.161 e. The van der Waals surface area contributed by atoms with Crippen molar-refractivity contribution in [2.24, 2.45) is 0 Å².